The lowest BCUT2D eigenvalue weighted by Crippen LogP contribution is -2.54. The maximum absolute atomic E-state index is 14.1. The van der Waals surface area contributed by atoms with Crippen molar-refractivity contribution in [1.82, 2.24) is 24.5 Å². The van der Waals surface area contributed by atoms with E-state index in [0.29, 0.717) is 67.7 Å². The molecule has 17 heteroatoms. The van der Waals surface area contributed by atoms with Gasteiger partial charge >= 0.3 is 0 Å². The number of anilines is 2. The highest BCUT2D eigenvalue weighted by Gasteiger charge is 2.50. The third-order valence-electron chi connectivity index (χ3n) is 14.5. The Bertz CT molecular complexity index is 2760. The van der Waals surface area contributed by atoms with Crippen LogP contribution in [0.15, 0.2) is 84.0 Å². The van der Waals surface area contributed by atoms with E-state index < -0.39 is 37.0 Å². The van der Waals surface area contributed by atoms with Crippen LogP contribution in [0.2, 0.25) is 0 Å². The van der Waals surface area contributed by atoms with E-state index in [0.717, 1.165) is 49.6 Å². The Labute approximate surface area is 385 Å². The fourth-order valence-electron chi connectivity index (χ4n) is 11.1. The average Bonchev–Trinajstić information content (AvgIpc) is 3.98. The van der Waals surface area contributed by atoms with Crippen molar-refractivity contribution in [3.8, 4) is 17.2 Å². The van der Waals surface area contributed by atoms with Crippen LogP contribution in [-0.2, 0) is 14.8 Å². The van der Waals surface area contributed by atoms with Crippen molar-refractivity contribution in [3.63, 3.8) is 0 Å². The number of H-pyrrole nitrogens is 1. The van der Waals surface area contributed by atoms with E-state index in [1.807, 2.05) is 19.1 Å². The molecule has 3 aromatic carbocycles. The summed E-state index contributed by atoms with van der Waals surface area (Å²) in [6.45, 7) is 12.6. The summed E-state index contributed by atoms with van der Waals surface area (Å²) in [5, 5.41) is 16.5. The predicted molar refractivity (Wildman–Crippen MR) is 251 cm³/mol. The molecule has 1 aliphatic carbocycles. The van der Waals surface area contributed by atoms with Crippen LogP contribution < -0.4 is 24.4 Å². The SMILES string of the molecule is CC(C)c1ccccc1[C@@H]1CCCN1C1CC2(CCN(c3ccc(C(=O)NS(=O)(=O)c4cc5c(c([N+](=O)[O-])c4)NC(C)(CN4CCOCC4)CO5)c(Oc4cnc5[nH]ccc5c4)c3)CC2)C1. The summed E-state index contributed by atoms with van der Waals surface area (Å²) in [4.78, 5) is 40.2. The summed E-state index contributed by atoms with van der Waals surface area (Å²) in [5.74, 6) is 0.0447. The second-order valence-electron chi connectivity index (χ2n) is 19.5. The Morgan fingerprint density at radius 2 is 1.82 bits per heavy atom. The summed E-state index contributed by atoms with van der Waals surface area (Å²) in [7, 11) is -4.66. The second-order valence-corrected chi connectivity index (χ2v) is 21.2. The molecule has 3 N–H and O–H groups in total. The quantitative estimate of drug-likeness (QED) is 0.0809. The molecule has 10 rings (SSSR count). The molecule has 0 bridgehead atoms. The average molecular weight is 919 g/mol. The number of carbonyl (C=O) groups is 1. The number of rotatable bonds is 12. The minimum atomic E-state index is -4.66. The number of carbonyl (C=O) groups excluding carboxylic acids is 1. The lowest BCUT2D eigenvalue weighted by atomic mass is 9.59. The van der Waals surface area contributed by atoms with E-state index in [1.165, 1.54) is 42.9 Å². The molecular formula is C49H58N8O8S. The van der Waals surface area contributed by atoms with E-state index in [2.05, 4.69) is 72.8 Å². The Hall–Kier alpha value is -5.75. The molecule has 1 saturated carbocycles. The van der Waals surface area contributed by atoms with E-state index >= 15 is 0 Å². The smallest absolute Gasteiger partial charge is 0.297 e. The molecule has 2 atom stereocenters. The highest BCUT2D eigenvalue weighted by Crippen LogP contribution is 2.54. The van der Waals surface area contributed by atoms with Gasteiger partial charge in [-0.25, -0.2) is 18.1 Å². The van der Waals surface area contributed by atoms with Gasteiger partial charge < -0.3 is 29.4 Å². The molecule has 3 saturated heterocycles. The number of pyridine rings is 1. The molecule has 2 aromatic heterocycles. The van der Waals surface area contributed by atoms with Crippen LogP contribution in [0, 0.1) is 15.5 Å². The summed E-state index contributed by atoms with van der Waals surface area (Å²) in [6.07, 6.45) is 10.2. The standard InChI is InChI=1S/C49H58N8O8S/c1-32(2)38-7-4-5-8-39(38)41-9-6-16-56(41)35-27-49(28-35)13-17-55(18-14-49)34-10-11-40(43(24-34)65-36-23-33-12-15-50-46(33)51-29-36)47(58)53-66(61,62)37-25-42(57(59)60)45-44(26-37)64-31-48(3,52-45)30-54-19-21-63-22-20-54/h4-5,7-8,10-12,15,23-26,29,32,35,41,52H,6,9,13-14,16-22,27-28,30-31H2,1-3H3,(H,50,51)(H,53,58)/t41-,48?/m0/s1. The van der Waals surface area contributed by atoms with Gasteiger partial charge in [-0.3, -0.25) is 24.7 Å². The fraction of sp³-hybridized carbons (Fsp3) is 0.469. The highest BCUT2D eigenvalue weighted by molar-refractivity contribution is 7.90. The summed E-state index contributed by atoms with van der Waals surface area (Å²) < 4.78 is 48.0. The topological polar surface area (TPSA) is 184 Å². The normalized spacial score (nSPS) is 22.4. The number of piperidine rings is 1. The monoisotopic (exact) mass is 918 g/mol. The molecule has 1 unspecified atom stereocenters. The number of benzene rings is 3. The molecule has 4 fully saturated rings. The molecule has 0 radical (unpaired) electrons. The number of sulfonamides is 1. The van der Waals surface area contributed by atoms with Gasteiger partial charge in [0.25, 0.3) is 21.6 Å². The van der Waals surface area contributed by atoms with Crippen molar-refractivity contribution in [3.05, 3.63) is 106 Å². The number of nitrogens with zero attached hydrogens (tertiary/aromatic N) is 5. The minimum Gasteiger partial charge on any atom is -0.489 e. The third kappa shape index (κ3) is 8.69. The van der Waals surface area contributed by atoms with Crippen LogP contribution in [0.25, 0.3) is 11.0 Å². The van der Waals surface area contributed by atoms with Gasteiger partial charge in [0.05, 0.1) is 40.3 Å². The number of hydrogen-bond donors (Lipinski definition) is 3. The number of morpholine rings is 1. The number of amides is 1. The number of ether oxygens (including phenoxy) is 3. The van der Waals surface area contributed by atoms with E-state index in [-0.39, 0.29) is 29.4 Å². The minimum absolute atomic E-state index is 0.00545. The first-order valence-electron chi connectivity index (χ1n) is 23.2. The first-order valence-corrected chi connectivity index (χ1v) is 24.7. The summed E-state index contributed by atoms with van der Waals surface area (Å²) in [5.41, 5.74) is 3.65. The number of likely N-dealkylation sites (tertiary alicyclic amines) is 1. The molecule has 5 aliphatic rings. The number of aromatic amines is 1. The van der Waals surface area contributed by atoms with Crippen molar-refractivity contribution in [2.24, 2.45) is 5.41 Å². The second kappa shape index (κ2) is 17.5. The van der Waals surface area contributed by atoms with Crippen molar-refractivity contribution >= 4 is 44.0 Å². The molecular weight excluding hydrogens is 861 g/mol. The number of nitrogens with one attached hydrogen (secondary N) is 3. The van der Waals surface area contributed by atoms with Crippen LogP contribution in [0.5, 0.6) is 17.2 Å². The number of aromatic nitrogens is 2. The van der Waals surface area contributed by atoms with Crippen LogP contribution >= 0.6 is 0 Å². The predicted octanol–water partition coefficient (Wildman–Crippen LogP) is 7.99. The van der Waals surface area contributed by atoms with E-state index in [1.54, 1.807) is 30.6 Å². The fourth-order valence-corrected chi connectivity index (χ4v) is 12.1. The van der Waals surface area contributed by atoms with Crippen LogP contribution in [0.1, 0.15) is 92.7 Å². The Balaban J connectivity index is 0.858. The number of nitro groups is 1. The van der Waals surface area contributed by atoms with Gasteiger partial charge in [-0.2, -0.15) is 0 Å². The van der Waals surface area contributed by atoms with Gasteiger partial charge in [-0.15, -0.1) is 0 Å². The maximum Gasteiger partial charge on any atom is 0.297 e. The Morgan fingerprint density at radius 3 is 2.59 bits per heavy atom. The van der Waals surface area contributed by atoms with E-state index in [4.69, 9.17) is 14.2 Å². The molecule has 5 aromatic rings. The lowest BCUT2D eigenvalue weighted by molar-refractivity contribution is -0.384. The van der Waals surface area contributed by atoms with Gasteiger partial charge in [-0.1, -0.05) is 38.1 Å². The van der Waals surface area contributed by atoms with Gasteiger partial charge in [0.2, 0.25) is 0 Å². The maximum atomic E-state index is 14.1. The molecule has 66 heavy (non-hydrogen) atoms. The Morgan fingerprint density at radius 1 is 1.03 bits per heavy atom. The molecule has 4 aliphatic heterocycles. The van der Waals surface area contributed by atoms with Gasteiger partial charge in [-0.05, 0) is 98.7 Å². The number of hydrogen-bond acceptors (Lipinski definition) is 13. The van der Waals surface area contributed by atoms with Crippen molar-refractivity contribution in [2.75, 3.05) is 69.3 Å². The lowest BCUT2D eigenvalue weighted by Gasteiger charge is -2.56. The Kier molecular flexibility index (Phi) is 11.7. The van der Waals surface area contributed by atoms with Gasteiger partial charge in [0.1, 0.15) is 23.8 Å². The highest BCUT2D eigenvalue weighted by atomic mass is 32.2. The van der Waals surface area contributed by atoms with Gasteiger partial charge in [0.15, 0.2) is 11.4 Å². The first-order chi connectivity index (χ1) is 31.8. The van der Waals surface area contributed by atoms with E-state index in [9.17, 15) is 23.3 Å². The first kappa shape index (κ1) is 44.1. The molecule has 1 amide bonds. The van der Waals surface area contributed by atoms with Crippen LogP contribution in [0.3, 0.4) is 0 Å². The third-order valence-corrected chi connectivity index (χ3v) is 15.8. The number of fused-ring (bicyclic) bond motifs is 2. The number of nitro benzene ring substituents is 1. The van der Waals surface area contributed by atoms with Crippen LogP contribution in [-0.4, -0.2) is 110 Å². The van der Waals surface area contributed by atoms with Gasteiger partial charge in [0, 0.05) is 80.3 Å². The van der Waals surface area contributed by atoms with Crippen molar-refractivity contribution in [1.29, 1.82) is 0 Å². The molecule has 6 heterocycles. The molecule has 348 valence electrons. The van der Waals surface area contributed by atoms with Crippen LogP contribution in [0.4, 0.5) is 17.1 Å². The van der Waals surface area contributed by atoms with Crippen molar-refractivity contribution < 1.29 is 32.3 Å². The zero-order valence-corrected chi connectivity index (χ0v) is 38.6. The summed E-state index contributed by atoms with van der Waals surface area (Å²) >= 11 is 0. The van der Waals surface area contributed by atoms with Crippen molar-refractivity contribution in [2.45, 2.75) is 87.7 Å². The molecule has 16 nitrogen and oxygen atoms in total. The zero-order chi connectivity index (χ0) is 45.8. The summed E-state index contributed by atoms with van der Waals surface area (Å²) in [6, 6.07) is 21.0. The molecule has 1 spiro atoms. The largest absolute Gasteiger partial charge is 0.489 e. The zero-order valence-electron chi connectivity index (χ0n) is 37.8.